The van der Waals surface area contributed by atoms with Crippen molar-refractivity contribution in [1.82, 2.24) is 9.88 Å². The second-order valence-electron chi connectivity index (χ2n) is 6.35. The zero-order valence-electron chi connectivity index (χ0n) is 14.5. The highest BCUT2D eigenvalue weighted by atomic mass is 32.1. The quantitative estimate of drug-likeness (QED) is 0.636. The Bertz CT molecular complexity index is 782. The molecule has 1 aliphatic heterocycles. The van der Waals surface area contributed by atoms with E-state index in [0.717, 1.165) is 18.8 Å². The molecule has 9 heteroatoms. The van der Waals surface area contributed by atoms with Crippen molar-refractivity contribution in [2.45, 2.75) is 32.6 Å². The first kappa shape index (κ1) is 18.4. The molecule has 2 aromatic rings. The number of benzene rings is 1. The summed E-state index contributed by atoms with van der Waals surface area (Å²) in [6, 6.07) is 5.48. The zero-order valence-corrected chi connectivity index (χ0v) is 15.4. The van der Waals surface area contributed by atoms with E-state index in [2.05, 4.69) is 29.0 Å². The van der Waals surface area contributed by atoms with Gasteiger partial charge in [-0.3, -0.25) is 25.1 Å². The van der Waals surface area contributed by atoms with Crippen molar-refractivity contribution >= 4 is 28.1 Å². The number of aromatic nitrogens is 1. The van der Waals surface area contributed by atoms with Gasteiger partial charge < -0.3 is 4.74 Å². The third-order valence-corrected chi connectivity index (χ3v) is 4.80. The van der Waals surface area contributed by atoms with Gasteiger partial charge in [0.05, 0.1) is 22.8 Å². The summed E-state index contributed by atoms with van der Waals surface area (Å²) in [5.74, 6) is -0.339. The third-order valence-electron chi connectivity index (χ3n) is 3.99. The molecule has 3 rings (SSSR count). The number of nitrogens with zero attached hydrogens (tertiary/aromatic N) is 3. The van der Waals surface area contributed by atoms with Crippen LogP contribution in [0.2, 0.25) is 0 Å². The molecule has 1 saturated heterocycles. The highest BCUT2D eigenvalue weighted by molar-refractivity contribution is 7.13. The van der Waals surface area contributed by atoms with Crippen LogP contribution >= 0.6 is 11.3 Å². The molecule has 2 heterocycles. The summed E-state index contributed by atoms with van der Waals surface area (Å²) in [4.78, 5) is 29.2. The predicted molar refractivity (Wildman–Crippen MR) is 98.4 cm³/mol. The van der Waals surface area contributed by atoms with Crippen molar-refractivity contribution < 1.29 is 14.5 Å². The molecule has 8 nitrogen and oxygen atoms in total. The minimum atomic E-state index is -0.498. The van der Waals surface area contributed by atoms with Crippen LogP contribution in [0.15, 0.2) is 29.6 Å². The Hall–Kier alpha value is -2.36. The van der Waals surface area contributed by atoms with Crippen LogP contribution in [0.5, 0.6) is 0 Å². The summed E-state index contributed by atoms with van der Waals surface area (Å²) >= 11 is 1.36. The molecule has 138 valence electrons. The van der Waals surface area contributed by atoms with Crippen LogP contribution in [0.25, 0.3) is 0 Å². The van der Waals surface area contributed by atoms with E-state index in [-0.39, 0.29) is 23.8 Å². The highest BCUT2D eigenvalue weighted by Crippen LogP contribution is 2.20. The van der Waals surface area contributed by atoms with E-state index in [1.807, 2.05) is 5.38 Å². The predicted octanol–water partition coefficient (Wildman–Crippen LogP) is 2.91. The minimum absolute atomic E-state index is 0.0490. The Balaban J connectivity index is 1.59. The number of anilines is 1. The molecule has 26 heavy (non-hydrogen) atoms. The number of non-ortho nitro benzene ring substituents is 1. The van der Waals surface area contributed by atoms with Crippen molar-refractivity contribution in [3.63, 3.8) is 0 Å². The molecule has 0 saturated carbocycles. The van der Waals surface area contributed by atoms with Crippen LogP contribution in [0, 0.1) is 10.1 Å². The van der Waals surface area contributed by atoms with Gasteiger partial charge in [0.25, 0.3) is 11.6 Å². The van der Waals surface area contributed by atoms with Gasteiger partial charge in [-0.2, -0.15) is 0 Å². The van der Waals surface area contributed by atoms with Crippen LogP contribution < -0.4 is 5.32 Å². The number of thiazole rings is 1. The van der Waals surface area contributed by atoms with Gasteiger partial charge in [-0.05, 0) is 26.0 Å². The van der Waals surface area contributed by atoms with Gasteiger partial charge in [0.2, 0.25) is 0 Å². The lowest BCUT2D eigenvalue weighted by Gasteiger charge is -2.34. The van der Waals surface area contributed by atoms with Gasteiger partial charge in [0, 0.05) is 42.7 Å². The molecule has 1 fully saturated rings. The molecule has 1 N–H and O–H groups in total. The topological polar surface area (TPSA) is 97.6 Å². The molecule has 0 aliphatic carbocycles. The first-order chi connectivity index (χ1) is 12.4. The van der Waals surface area contributed by atoms with Gasteiger partial charge in [-0.25, -0.2) is 4.98 Å². The van der Waals surface area contributed by atoms with Crippen molar-refractivity contribution in [3.8, 4) is 0 Å². The van der Waals surface area contributed by atoms with E-state index in [1.165, 1.54) is 35.6 Å². The van der Waals surface area contributed by atoms with E-state index >= 15 is 0 Å². The maximum absolute atomic E-state index is 12.2. The average Bonchev–Trinajstić information content (AvgIpc) is 3.00. The van der Waals surface area contributed by atoms with Gasteiger partial charge in [-0.1, -0.05) is 0 Å². The lowest BCUT2D eigenvalue weighted by Crippen LogP contribution is -2.44. The van der Waals surface area contributed by atoms with Crippen molar-refractivity contribution in [3.05, 3.63) is 51.0 Å². The molecule has 1 amide bonds. The normalized spacial score (nSPS) is 20.7. The largest absolute Gasteiger partial charge is 0.373 e. The van der Waals surface area contributed by atoms with E-state index in [9.17, 15) is 14.9 Å². The Labute approximate surface area is 154 Å². The van der Waals surface area contributed by atoms with E-state index in [4.69, 9.17) is 4.74 Å². The fourth-order valence-corrected chi connectivity index (χ4v) is 3.68. The van der Waals surface area contributed by atoms with Gasteiger partial charge in [0.15, 0.2) is 5.13 Å². The number of morpholine rings is 1. The monoisotopic (exact) mass is 376 g/mol. The van der Waals surface area contributed by atoms with E-state index in [1.54, 1.807) is 0 Å². The lowest BCUT2D eigenvalue weighted by atomic mass is 10.2. The number of nitro groups is 1. The number of hydrogen-bond acceptors (Lipinski definition) is 7. The molecule has 1 aliphatic rings. The van der Waals surface area contributed by atoms with Crippen LogP contribution in [-0.2, 0) is 11.3 Å². The molecular formula is C17H20N4O4S. The van der Waals surface area contributed by atoms with Crippen LogP contribution in [0.1, 0.15) is 29.9 Å². The van der Waals surface area contributed by atoms with Crippen molar-refractivity contribution in [1.29, 1.82) is 0 Å². The summed E-state index contributed by atoms with van der Waals surface area (Å²) in [7, 11) is 0. The summed E-state index contributed by atoms with van der Waals surface area (Å²) in [5, 5.41) is 15.8. The third kappa shape index (κ3) is 4.63. The average molecular weight is 376 g/mol. The lowest BCUT2D eigenvalue weighted by molar-refractivity contribution is -0.384. The second-order valence-corrected chi connectivity index (χ2v) is 7.21. The standard InChI is InChI=1S/C17H20N4O4S/c1-11-7-20(8-12(2)25-11)9-14-10-26-17(18-14)19-16(22)13-3-5-15(6-4-13)21(23)24/h3-6,10-12H,7-9H2,1-2H3,(H,18,19,22)/t11-,12+. The zero-order chi connectivity index (χ0) is 18.7. The smallest absolute Gasteiger partial charge is 0.269 e. The number of ether oxygens (including phenoxy) is 1. The van der Waals surface area contributed by atoms with Gasteiger partial charge in [-0.15, -0.1) is 11.3 Å². The first-order valence-corrected chi connectivity index (χ1v) is 9.16. The fourth-order valence-electron chi connectivity index (χ4n) is 2.98. The number of rotatable bonds is 5. The second kappa shape index (κ2) is 7.90. The molecule has 1 aromatic carbocycles. The Kier molecular flexibility index (Phi) is 5.60. The van der Waals surface area contributed by atoms with Crippen molar-refractivity contribution in [2.75, 3.05) is 18.4 Å². The Morgan fingerprint density at radius 2 is 2.00 bits per heavy atom. The summed E-state index contributed by atoms with van der Waals surface area (Å²) in [6.45, 7) is 6.53. The Morgan fingerprint density at radius 1 is 1.35 bits per heavy atom. The maximum atomic E-state index is 12.2. The number of hydrogen-bond donors (Lipinski definition) is 1. The van der Waals surface area contributed by atoms with Crippen LogP contribution in [0.3, 0.4) is 0 Å². The summed E-state index contributed by atoms with van der Waals surface area (Å²) < 4.78 is 5.73. The molecule has 0 radical (unpaired) electrons. The summed E-state index contributed by atoms with van der Waals surface area (Å²) in [5.41, 5.74) is 1.20. The fraction of sp³-hybridized carbons (Fsp3) is 0.412. The molecule has 0 bridgehead atoms. The van der Waals surface area contributed by atoms with E-state index in [0.29, 0.717) is 17.2 Å². The SMILES string of the molecule is C[C@@H]1CN(Cc2csc(NC(=O)c3ccc([N+](=O)[O-])cc3)n2)C[C@H](C)O1. The number of carbonyl (C=O) groups is 1. The minimum Gasteiger partial charge on any atom is -0.373 e. The van der Waals surface area contributed by atoms with Crippen molar-refractivity contribution in [2.24, 2.45) is 0 Å². The number of carbonyl (C=O) groups excluding carboxylic acids is 1. The number of nitro benzene ring substituents is 1. The van der Waals surface area contributed by atoms with Crippen LogP contribution in [-0.4, -0.2) is 46.0 Å². The van der Waals surface area contributed by atoms with Gasteiger partial charge >= 0.3 is 0 Å². The van der Waals surface area contributed by atoms with Gasteiger partial charge in [0.1, 0.15) is 0 Å². The molecule has 1 aromatic heterocycles. The number of amides is 1. The van der Waals surface area contributed by atoms with Crippen LogP contribution in [0.4, 0.5) is 10.8 Å². The highest BCUT2D eigenvalue weighted by Gasteiger charge is 2.22. The first-order valence-electron chi connectivity index (χ1n) is 8.28. The number of nitrogens with one attached hydrogen (secondary N) is 1. The maximum Gasteiger partial charge on any atom is 0.269 e. The molecular weight excluding hydrogens is 356 g/mol. The Morgan fingerprint density at radius 3 is 2.62 bits per heavy atom. The van der Waals surface area contributed by atoms with E-state index < -0.39 is 4.92 Å². The molecule has 2 atom stereocenters. The molecule has 0 unspecified atom stereocenters. The molecule has 0 spiro atoms. The summed E-state index contributed by atoms with van der Waals surface area (Å²) in [6.07, 6.45) is 0.386.